The Labute approximate surface area is 229 Å². The fourth-order valence-corrected chi connectivity index (χ4v) is 6.30. The Morgan fingerprint density at radius 3 is 2.38 bits per heavy atom. The summed E-state index contributed by atoms with van der Waals surface area (Å²) in [7, 11) is -3.58. The van der Waals surface area contributed by atoms with Crippen LogP contribution in [0.2, 0.25) is 0 Å². The third-order valence-electron chi connectivity index (χ3n) is 7.28. The molecule has 204 valence electrons. The minimum atomic E-state index is -3.58. The Morgan fingerprint density at radius 2 is 1.82 bits per heavy atom. The average Bonchev–Trinajstić information content (AvgIpc) is 3.47. The number of hydrogen-bond acceptors (Lipinski definition) is 7. The predicted octanol–water partition coefficient (Wildman–Crippen LogP) is 3.97. The lowest BCUT2D eigenvalue weighted by molar-refractivity contribution is -0.132. The predicted molar refractivity (Wildman–Crippen MR) is 144 cm³/mol. The molecule has 2 bridgehead atoms. The summed E-state index contributed by atoms with van der Waals surface area (Å²) in [6.45, 7) is 5.83. The third kappa shape index (κ3) is 5.91. The molecule has 10 heteroatoms. The number of carbonyl (C=O) groups excluding carboxylic acids is 2. The van der Waals surface area contributed by atoms with Crippen molar-refractivity contribution >= 4 is 21.8 Å². The van der Waals surface area contributed by atoms with E-state index in [-0.39, 0.29) is 28.7 Å². The molecule has 9 nitrogen and oxygen atoms in total. The number of sulfone groups is 1. The Bertz CT molecular complexity index is 1480. The van der Waals surface area contributed by atoms with Crippen LogP contribution >= 0.6 is 0 Å². The maximum absolute atomic E-state index is 13.5. The van der Waals surface area contributed by atoms with Gasteiger partial charge in [0.05, 0.1) is 16.5 Å². The highest BCUT2D eigenvalue weighted by atomic mass is 32.2. The summed E-state index contributed by atoms with van der Waals surface area (Å²) in [5, 5.41) is 21.9. The van der Waals surface area contributed by atoms with Gasteiger partial charge in [-0.15, -0.1) is 0 Å². The molecule has 4 rings (SSSR count). The van der Waals surface area contributed by atoms with Crippen LogP contribution in [0.3, 0.4) is 0 Å². The van der Waals surface area contributed by atoms with E-state index in [0.717, 1.165) is 23.8 Å². The molecule has 0 spiro atoms. The van der Waals surface area contributed by atoms with Crippen LogP contribution in [0.15, 0.2) is 47.4 Å². The van der Waals surface area contributed by atoms with Crippen molar-refractivity contribution in [2.24, 2.45) is 5.92 Å². The zero-order chi connectivity index (χ0) is 28.6. The van der Waals surface area contributed by atoms with Crippen molar-refractivity contribution in [2.75, 3.05) is 12.8 Å². The van der Waals surface area contributed by atoms with Gasteiger partial charge in [-0.2, -0.15) is 10.5 Å². The van der Waals surface area contributed by atoms with Gasteiger partial charge in [-0.25, -0.2) is 13.2 Å². The van der Waals surface area contributed by atoms with Gasteiger partial charge >= 0.3 is 6.09 Å². The quantitative estimate of drug-likeness (QED) is 0.576. The molecule has 0 aromatic heterocycles. The minimum Gasteiger partial charge on any atom is -0.444 e. The van der Waals surface area contributed by atoms with Crippen molar-refractivity contribution in [1.82, 2.24) is 10.2 Å². The molecule has 1 saturated carbocycles. The lowest BCUT2D eigenvalue weighted by atomic mass is 9.94. The number of ether oxygens (including phenoxy) is 1. The molecule has 1 aliphatic carbocycles. The third-order valence-corrected chi connectivity index (χ3v) is 8.41. The first-order chi connectivity index (χ1) is 18.3. The van der Waals surface area contributed by atoms with Crippen LogP contribution < -0.4 is 5.32 Å². The molecule has 1 aliphatic heterocycles. The summed E-state index contributed by atoms with van der Waals surface area (Å²) < 4.78 is 29.8. The van der Waals surface area contributed by atoms with Crippen molar-refractivity contribution in [1.29, 1.82) is 10.5 Å². The van der Waals surface area contributed by atoms with E-state index in [4.69, 9.17) is 4.74 Å². The summed E-state index contributed by atoms with van der Waals surface area (Å²) in [6, 6.07) is 15.2. The van der Waals surface area contributed by atoms with E-state index in [0.29, 0.717) is 24.9 Å². The number of piperidine rings is 1. The average molecular weight is 549 g/mol. The van der Waals surface area contributed by atoms with Gasteiger partial charge in [0.2, 0.25) is 5.91 Å². The minimum absolute atomic E-state index is 0.0281. The van der Waals surface area contributed by atoms with Gasteiger partial charge in [-0.3, -0.25) is 9.69 Å². The van der Waals surface area contributed by atoms with E-state index in [2.05, 4.69) is 11.4 Å². The Hall–Kier alpha value is -3.89. The van der Waals surface area contributed by atoms with E-state index in [1.165, 1.54) is 17.0 Å². The number of amides is 2. The van der Waals surface area contributed by atoms with Gasteiger partial charge in [-0.1, -0.05) is 30.3 Å². The normalized spacial score (nSPS) is 21.1. The number of nitriles is 2. The summed E-state index contributed by atoms with van der Waals surface area (Å²) in [4.78, 5) is 27.9. The molecule has 2 amide bonds. The SMILES string of the molecule is CC(C)(C)OC(=O)N1CC2CCC1(C(=O)NC(C#N)Cc1ccc(-c3ccc(C#N)c(S(C)(=O)=O)c3)cc1)C2. The monoisotopic (exact) mass is 548 g/mol. The largest absolute Gasteiger partial charge is 0.444 e. The summed E-state index contributed by atoms with van der Waals surface area (Å²) in [5.74, 6) is -0.0933. The van der Waals surface area contributed by atoms with Gasteiger partial charge in [0.15, 0.2) is 9.84 Å². The molecule has 2 aromatic carbocycles. The van der Waals surface area contributed by atoms with Crippen LogP contribution in [-0.2, 0) is 25.8 Å². The second kappa shape index (κ2) is 10.3. The maximum atomic E-state index is 13.5. The van der Waals surface area contributed by atoms with Crippen LogP contribution in [-0.4, -0.2) is 55.3 Å². The van der Waals surface area contributed by atoms with Crippen molar-refractivity contribution in [3.63, 3.8) is 0 Å². The molecule has 1 heterocycles. The fourth-order valence-electron chi connectivity index (χ4n) is 5.45. The lowest BCUT2D eigenvalue weighted by Gasteiger charge is -2.38. The molecule has 1 N–H and O–H groups in total. The van der Waals surface area contributed by atoms with Crippen LogP contribution in [0.4, 0.5) is 4.79 Å². The van der Waals surface area contributed by atoms with Gasteiger partial charge < -0.3 is 10.1 Å². The molecule has 0 radical (unpaired) electrons. The number of likely N-dealkylation sites (tertiary alicyclic amines) is 1. The highest BCUT2D eigenvalue weighted by Crippen LogP contribution is 2.47. The summed E-state index contributed by atoms with van der Waals surface area (Å²) in [6.07, 6.45) is 2.76. The number of carbonyl (C=O) groups is 2. The number of hydrogen-bond donors (Lipinski definition) is 1. The Morgan fingerprint density at radius 1 is 1.15 bits per heavy atom. The van der Waals surface area contributed by atoms with Crippen LogP contribution in [0, 0.1) is 28.6 Å². The first-order valence-corrected chi connectivity index (χ1v) is 14.7. The number of rotatable bonds is 6. The van der Waals surface area contributed by atoms with Crippen LogP contribution in [0.25, 0.3) is 11.1 Å². The van der Waals surface area contributed by atoms with Crippen LogP contribution in [0.5, 0.6) is 0 Å². The highest BCUT2D eigenvalue weighted by Gasteiger charge is 2.58. The molecule has 1 saturated heterocycles. The highest BCUT2D eigenvalue weighted by molar-refractivity contribution is 7.90. The lowest BCUT2D eigenvalue weighted by Crippen LogP contribution is -2.59. The molecular weight excluding hydrogens is 516 g/mol. The first-order valence-electron chi connectivity index (χ1n) is 12.8. The molecule has 3 atom stereocenters. The topological polar surface area (TPSA) is 140 Å². The Kier molecular flexibility index (Phi) is 7.46. The molecule has 2 aromatic rings. The number of nitrogens with zero attached hydrogens (tertiary/aromatic N) is 3. The summed E-state index contributed by atoms with van der Waals surface area (Å²) >= 11 is 0. The van der Waals surface area contributed by atoms with E-state index in [1.54, 1.807) is 39.0 Å². The zero-order valence-corrected chi connectivity index (χ0v) is 23.3. The van der Waals surface area contributed by atoms with E-state index in [9.17, 15) is 28.5 Å². The van der Waals surface area contributed by atoms with Gasteiger partial charge in [0, 0.05) is 19.2 Å². The van der Waals surface area contributed by atoms with Crippen molar-refractivity contribution in [3.05, 3.63) is 53.6 Å². The Balaban J connectivity index is 1.47. The number of nitrogens with one attached hydrogen (secondary N) is 1. The smallest absolute Gasteiger partial charge is 0.411 e. The van der Waals surface area contributed by atoms with Crippen molar-refractivity contribution < 1.29 is 22.7 Å². The first kappa shape index (κ1) is 28.1. The zero-order valence-electron chi connectivity index (χ0n) is 22.5. The second-order valence-corrected chi connectivity index (χ2v) is 13.4. The standard InChI is InChI=1S/C29H32N4O5S/c1-28(2,3)38-27(35)33-18-20-11-12-29(33,15-20)26(34)32-24(17-31)13-19-5-7-21(8-6-19)22-9-10-23(16-30)25(14-22)39(4,36)37/h5-10,14,20,24H,11-13,15,18H2,1-4H3,(H,32,34). The molecular formula is C29H32N4O5S. The van der Waals surface area contributed by atoms with Gasteiger partial charge in [0.1, 0.15) is 23.3 Å². The molecule has 2 fully saturated rings. The van der Waals surface area contributed by atoms with E-state index >= 15 is 0 Å². The molecule has 2 aliphatic rings. The van der Waals surface area contributed by atoms with Gasteiger partial charge in [0.25, 0.3) is 0 Å². The summed E-state index contributed by atoms with van der Waals surface area (Å²) in [5.41, 5.74) is 0.608. The fraction of sp³-hybridized carbons (Fsp3) is 0.448. The van der Waals surface area contributed by atoms with E-state index < -0.39 is 33.1 Å². The molecule has 39 heavy (non-hydrogen) atoms. The van der Waals surface area contributed by atoms with Gasteiger partial charge in [-0.05, 0) is 74.8 Å². The van der Waals surface area contributed by atoms with Crippen LogP contribution in [0.1, 0.15) is 51.2 Å². The maximum Gasteiger partial charge on any atom is 0.411 e. The second-order valence-electron chi connectivity index (χ2n) is 11.4. The van der Waals surface area contributed by atoms with E-state index in [1.807, 2.05) is 18.2 Å². The van der Waals surface area contributed by atoms with Crippen molar-refractivity contribution in [3.8, 4) is 23.3 Å². The number of fused-ring (bicyclic) bond motifs is 2. The van der Waals surface area contributed by atoms with Crippen molar-refractivity contribution in [2.45, 2.75) is 68.5 Å². The molecule has 3 unspecified atom stereocenters. The number of benzene rings is 2.